The first-order chi connectivity index (χ1) is 7.72. The largest absolute Gasteiger partial charge is 0.0874 e. The van der Waals surface area contributed by atoms with E-state index < -0.39 is 0 Å². The molecule has 0 nitrogen and oxygen atoms in total. The van der Waals surface area contributed by atoms with Crippen LogP contribution in [0.2, 0.25) is 0 Å². The van der Waals surface area contributed by atoms with Gasteiger partial charge in [-0.25, -0.2) is 0 Å². The van der Waals surface area contributed by atoms with Crippen molar-refractivity contribution < 1.29 is 0 Å². The zero-order chi connectivity index (χ0) is 11.5. The van der Waals surface area contributed by atoms with Gasteiger partial charge < -0.3 is 0 Å². The lowest BCUT2D eigenvalue weighted by molar-refractivity contribution is 1.14. The summed E-state index contributed by atoms with van der Waals surface area (Å²) in [6.45, 7) is 8.15. The van der Waals surface area contributed by atoms with E-state index in [0.717, 1.165) is 12.0 Å². The summed E-state index contributed by atoms with van der Waals surface area (Å²) in [5, 5.41) is 0. The molecule has 0 heterocycles. The first-order valence-electron chi connectivity index (χ1n) is 5.69. The van der Waals surface area contributed by atoms with Crippen LogP contribution in [0.25, 0.3) is 5.57 Å². The van der Waals surface area contributed by atoms with Crippen LogP contribution in [0.3, 0.4) is 0 Å². The average molecular weight is 208 g/mol. The molecule has 1 aromatic rings. The molecule has 0 heteroatoms. The second kappa shape index (κ2) is 4.41. The fraction of sp³-hybridized carbons (Fsp3) is 0.250. The Kier molecular flexibility index (Phi) is 2.97. The van der Waals surface area contributed by atoms with Crippen molar-refractivity contribution in [3.8, 4) is 11.8 Å². The van der Waals surface area contributed by atoms with Gasteiger partial charge >= 0.3 is 0 Å². The van der Waals surface area contributed by atoms with Crippen molar-refractivity contribution in [3.63, 3.8) is 0 Å². The second-order valence-corrected chi connectivity index (χ2v) is 4.14. The number of rotatable bonds is 1. The summed E-state index contributed by atoms with van der Waals surface area (Å²) in [4.78, 5) is 0. The Hall–Kier alpha value is -1.74. The number of benzene rings is 1. The van der Waals surface area contributed by atoms with Crippen molar-refractivity contribution in [2.75, 3.05) is 0 Å². The van der Waals surface area contributed by atoms with Crippen LogP contribution in [-0.2, 0) is 0 Å². The molecule has 1 aliphatic rings. The van der Waals surface area contributed by atoms with Crippen LogP contribution in [0.4, 0.5) is 0 Å². The van der Waals surface area contributed by atoms with E-state index in [1.165, 1.54) is 16.7 Å². The fourth-order valence-corrected chi connectivity index (χ4v) is 1.94. The maximum Gasteiger partial charge on any atom is 0.0648 e. The first kappa shape index (κ1) is 10.8. The summed E-state index contributed by atoms with van der Waals surface area (Å²) < 4.78 is 0. The SMILES string of the molecule is C=C(C#CC1C=C(C)c2ccccc21)CC. The summed E-state index contributed by atoms with van der Waals surface area (Å²) in [5.74, 6) is 6.69. The van der Waals surface area contributed by atoms with Gasteiger partial charge in [0.15, 0.2) is 0 Å². The van der Waals surface area contributed by atoms with Gasteiger partial charge in [-0.05, 0) is 35.6 Å². The van der Waals surface area contributed by atoms with E-state index in [1.807, 2.05) is 0 Å². The standard InChI is InChI=1S/C16H16/c1-4-12(2)9-10-14-11-13(3)15-7-5-6-8-16(14)15/h5-8,11,14H,2,4H2,1,3H3. The molecule has 0 saturated carbocycles. The summed E-state index contributed by atoms with van der Waals surface area (Å²) in [7, 11) is 0. The van der Waals surface area contributed by atoms with Crippen molar-refractivity contribution in [3.05, 3.63) is 53.6 Å². The first-order valence-corrected chi connectivity index (χ1v) is 5.69. The molecule has 1 aliphatic carbocycles. The zero-order valence-electron chi connectivity index (χ0n) is 9.88. The smallest absolute Gasteiger partial charge is 0.0648 e. The van der Waals surface area contributed by atoms with E-state index in [4.69, 9.17) is 0 Å². The van der Waals surface area contributed by atoms with Gasteiger partial charge in [0.05, 0.1) is 5.92 Å². The molecular formula is C16H16. The third-order valence-corrected chi connectivity index (χ3v) is 2.97. The van der Waals surface area contributed by atoms with Gasteiger partial charge in [-0.1, -0.05) is 55.7 Å². The summed E-state index contributed by atoms with van der Waals surface area (Å²) in [5.41, 5.74) is 5.01. The highest BCUT2D eigenvalue weighted by atomic mass is 14.2. The predicted octanol–water partition coefficient (Wildman–Crippen LogP) is 4.16. The molecule has 1 aromatic carbocycles. The molecule has 0 fully saturated rings. The Labute approximate surface area is 97.7 Å². The van der Waals surface area contributed by atoms with Crippen molar-refractivity contribution in [2.45, 2.75) is 26.2 Å². The Morgan fingerprint density at radius 2 is 2.12 bits per heavy atom. The lowest BCUT2D eigenvalue weighted by atomic mass is 10.0. The van der Waals surface area contributed by atoms with Gasteiger partial charge in [0, 0.05) is 0 Å². The van der Waals surface area contributed by atoms with Crippen LogP contribution < -0.4 is 0 Å². The average Bonchev–Trinajstić information content (AvgIpc) is 2.64. The van der Waals surface area contributed by atoms with Crippen molar-refractivity contribution in [1.82, 2.24) is 0 Å². The molecule has 2 rings (SSSR count). The van der Waals surface area contributed by atoms with Gasteiger partial charge in [0.2, 0.25) is 0 Å². The van der Waals surface area contributed by atoms with Crippen LogP contribution in [-0.4, -0.2) is 0 Å². The van der Waals surface area contributed by atoms with E-state index in [1.54, 1.807) is 0 Å². The van der Waals surface area contributed by atoms with Gasteiger partial charge in [0.25, 0.3) is 0 Å². The Morgan fingerprint density at radius 1 is 1.38 bits per heavy atom. The minimum atomic E-state index is 0.250. The van der Waals surface area contributed by atoms with Gasteiger partial charge in [-0.2, -0.15) is 0 Å². The minimum absolute atomic E-state index is 0.250. The second-order valence-electron chi connectivity index (χ2n) is 4.14. The third kappa shape index (κ3) is 1.95. The normalized spacial score (nSPS) is 17.1. The van der Waals surface area contributed by atoms with Gasteiger partial charge in [0.1, 0.15) is 0 Å². The maximum atomic E-state index is 3.91. The molecular weight excluding hydrogens is 192 g/mol. The third-order valence-electron chi connectivity index (χ3n) is 2.97. The monoisotopic (exact) mass is 208 g/mol. The topological polar surface area (TPSA) is 0 Å². The van der Waals surface area contributed by atoms with E-state index >= 15 is 0 Å². The van der Waals surface area contributed by atoms with Crippen molar-refractivity contribution >= 4 is 5.57 Å². The highest BCUT2D eigenvalue weighted by Crippen LogP contribution is 2.34. The quantitative estimate of drug-likeness (QED) is 0.608. The van der Waals surface area contributed by atoms with Crippen LogP contribution in [0, 0.1) is 11.8 Å². The minimum Gasteiger partial charge on any atom is -0.0874 e. The summed E-state index contributed by atoms with van der Waals surface area (Å²) >= 11 is 0. The Bertz CT molecular complexity index is 506. The Morgan fingerprint density at radius 3 is 2.88 bits per heavy atom. The highest BCUT2D eigenvalue weighted by Gasteiger charge is 2.18. The molecule has 0 spiro atoms. The zero-order valence-corrected chi connectivity index (χ0v) is 9.88. The van der Waals surface area contributed by atoms with Crippen molar-refractivity contribution in [2.24, 2.45) is 0 Å². The molecule has 16 heavy (non-hydrogen) atoms. The lowest BCUT2D eigenvalue weighted by Crippen LogP contribution is -1.89. The number of hydrogen-bond donors (Lipinski definition) is 0. The molecule has 0 bridgehead atoms. The molecule has 0 saturated heterocycles. The van der Waals surface area contributed by atoms with Crippen LogP contribution in [0.1, 0.15) is 37.3 Å². The molecule has 1 unspecified atom stereocenters. The van der Waals surface area contributed by atoms with E-state index in [-0.39, 0.29) is 5.92 Å². The fourth-order valence-electron chi connectivity index (χ4n) is 1.94. The van der Waals surface area contributed by atoms with E-state index in [0.29, 0.717) is 0 Å². The Balaban J connectivity index is 2.32. The molecule has 80 valence electrons. The van der Waals surface area contributed by atoms with E-state index in [2.05, 4.69) is 62.6 Å². The predicted molar refractivity (Wildman–Crippen MR) is 70.0 cm³/mol. The van der Waals surface area contributed by atoms with Crippen LogP contribution in [0.5, 0.6) is 0 Å². The summed E-state index contributed by atoms with van der Waals surface area (Å²) in [6, 6.07) is 8.49. The molecule has 0 radical (unpaired) electrons. The number of allylic oxidation sites excluding steroid dienone is 3. The van der Waals surface area contributed by atoms with Crippen LogP contribution in [0.15, 0.2) is 42.5 Å². The van der Waals surface area contributed by atoms with E-state index in [9.17, 15) is 0 Å². The maximum absolute atomic E-state index is 3.91. The van der Waals surface area contributed by atoms with Gasteiger partial charge in [-0.3, -0.25) is 0 Å². The highest BCUT2D eigenvalue weighted by molar-refractivity contribution is 5.74. The molecule has 0 N–H and O–H groups in total. The lowest BCUT2D eigenvalue weighted by Gasteiger charge is -2.03. The van der Waals surface area contributed by atoms with Gasteiger partial charge in [-0.15, -0.1) is 0 Å². The summed E-state index contributed by atoms with van der Waals surface area (Å²) in [6.07, 6.45) is 3.17. The van der Waals surface area contributed by atoms with Crippen molar-refractivity contribution in [1.29, 1.82) is 0 Å². The number of hydrogen-bond acceptors (Lipinski definition) is 0. The molecule has 0 aromatic heterocycles. The number of fused-ring (bicyclic) bond motifs is 1. The molecule has 0 amide bonds. The van der Waals surface area contributed by atoms with Crippen LogP contribution >= 0.6 is 0 Å². The molecule has 0 aliphatic heterocycles. The molecule has 1 atom stereocenters.